The number of benzene rings is 2. The molecule has 5 nitrogen and oxygen atoms in total. The van der Waals surface area contributed by atoms with Gasteiger partial charge in [-0.15, -0.1) is 0 Å². The monoisotopic (exact) mass is 444 g/mol. The number of carbonyl (C=O) groups excluding carboxylic acids is 1. The van der Waals surface area contributed by atoms with E-state index in [1.807, 2.05) is 24.3 Å². The molecule has 25 heavy (non-hydrogen) atoms. The van der Waals surface area contributed by atoms with Crippen molar-refractivity contribution < 1.29 is 13.2 Å². The summed E-state index contributed by atoms with van der Waals surface area (Å²) in [6.07, 6.45) is 1.10. The summed E-state index contributed by atoms with van der Waals surface area (Å²) in [4.78, 5) is 12.1. The van der Waals surface area contributed by atoms with Crippen molar-refractivity contribution in [2.75, 3.05) is 12.8 Å². The van der Waals surface area contributed by atoms with E-state index >= 15 is 0 Å². The Morgan fingerprint density at radius 1 is 1.08 bits per heavy atom. The first kappa shape index (κ1) is 19.9. The quantitative estimate of drug-likeness (QED) is 0.712. The van der Waals surface area contributed by atoms with Crippen molar-refractivity contribution in [1.29, 1.82) is 0 Å². The summed E-state index contributed by atoms with van der Waals surface area (Å²) in [5.74, 6) is -0.363. The van der Waals surface area contributed by atoms with Crippen molar-refractivity contribution in [3.8, 4) is 0 Å². The predicted molar refractivity (Wildman–Crippen MR) is 103 cm³/mol. The van der Waals surface area contributed by atoms with Crippen molar-refractivity contribution >= 4 is 43.5 Å². The number of carbonyl (C=O) groups is 1. The molecule has 0 fully saturated rings. The van der Waals surface area contributed by atoms with Crippen molar-refractivity contribution in [1.82, 2.24) is 9.62 Å². The zero-order valence-electron chi connectivity index (χ0n) is 13.6. The van der Waals surface area contributed by atoms with Gasteiger partial charge in [0.2, 0.25) is 15.9 Å². The maximum Gasteiger partial charge on any atom is 0.235 e. The van der Waals surface area contributed by atoms with Crippen LogP contribution in [0.3, 0.4) is 0 Å². The molecular weight excluding hydrogens is 428 g/mol. The molecule has 0 unspecified atom stereocenters. The molecule has 8 heteroatoms. The van der Waals surface area contributed by atoms with E-state index in [9.17, 15) is 13.2 Å². The lowest BCUT2D eigenvalue weighted by atomic mass is 10.2. The van der Waals surface area contributed by atoms with Crippen LogP contribution in [0.4, 0.5) is 0 Å². The molecule has 0 saturated carbocycles. The lowest BCUT2D eigenvalue weighted by Gasteiger charge is -2.19. The molecule has 0 bridgehead atoms. The van der Waals surface area contributed by atoms with Gasteiger partial charge in [-0.2, -0.15) is 4.31 Å². The van der Waals surface area contributed by atoms with Crippen molar-refractivity contribution in [2.45, 2.75) is 13.1 Å². The topological polar surface area (TPSA) is 66.5 Å². The second-order valence-corrected chi connectivity index (χ2v) is 8.90. The summed E-state index contributed by atoms with van der Waals surface area (Å²) in [7, 11) is -3.51. The number of nitrogens with one attached hydrogen (secondary N) is 1. The lowest BCUT2D eigenvalue weighted by molar-refractivity contribution is -0.121. The van der Waals surface area contributed by atoms with Crippen molar-refractivity contribution in [2.24, 2.45) is 0 Å². The van der Waals surface area contributed by atoms with Crippen LogP contribution in [0.2, 0.25) is 5.02 Å². The minimum Gasteiger partial charge on any atom is -0.351 e. The first-order chi connectivity index (χ1) is 11.7. The number of nitrogens with zero attached hydrogens (tertiary/aromatic N) is 1. The molecule has 0 spiro atoms. The summed E-state index contributed by atoms with van der Waals surface area (Å²) in [5.41, 5.74) is 1.69. The van der Waals surface area contributed by atoms with Gasteiger partial charge >= 0.3 is 0 Å². The van der Waals surface area contributed by atoms with E-state index in [4.69, 9.17) is 11.6 Å². The van der Waals surface area contributed by atoms with Crippen LogP contribution in [0.1, 0.15) is 11.1 Å². The summed E-state index contributed by atoms with van der Waals surface area (Å²) in [6.45, 7) is 0.217. The maximum atomic E-state index is 12.1. The lowest BCUT2D eigenvalue weighted by Crippen LogP contribution is -2.39. The fourth-order valence-corrected chi connectivity index (χ4v) is 3.23. The highest BCUT2D eigenvalue weighted by Gasteiger charge is 2.20. The fourth-order valence-electron chi connectivity index (χ4n) is 2.10. The van der Waals surface area contributed by atoms with Crippen LogP contribution in [0.5, 0.6) is 0 Å². The SMILES string of the molecule is CS(=O)(=O)N(CC(=O)NCc1ccc(Cl)cc1)Cc1ccc(Br)cc1. The van der Waals surface area contributed by atoms with Crippen LogP contribution in [-0.4, -0.2) is 31.4 Å². The van der Waals surface area contributed by atoms with E-state index in [1.165, 1.54) is 0 Å². The standard InChI is InChI=1S/C17H18BrClN2O3S/c1-25(23,24)21(11-14-2-6-15(18)7-3-14)12-17(22)20-10-13-4-8-16(19)9-5-13/h2-9H,10-12H2,1H3,(H,20,22). The molecule has 0 atom stereocenters. The van der Waals surface area contributed by atoms with Crippen LogP contribution in [0, 0.1) is 0 Å². The minimum atomic E-state index is -3.51. The third kappa shape index (κ3) is 6.78. The molecule has 2 rings (SSSR count). The zero-order valence-corrected chi connectivity index (χ0v) is 16.7. The summed E-state index contributed by atoms with van der Waals surface area (Å²) in [6, 6.07) is 14.4. The van der Waals surface area contributed by atoms with Crippen LogP contribution in [0.25, 0.3) is 0 Å². The van der Waals surface area contributed by atoms with E-state index in [0.717, 1.165) is 26.2 Å². The van der Waals surface area contributed by atoms with Gasteiger partial charge in [0.05, 0.1) is 12.8 Å². The number of sulfonamides is 1. The van der Waals surface area contributed by atoms with E-state index < -0.39 is 10.0 Å². The van der Waals surface area contributed by atoms with E-state index in [0.29, 0.717) is 11.6 Å². The Balaban J connectivity index is 1.97. The summed E-state index contributed by atoms with van der Waals surface area (Å²) < 4.78 is 26.0. The Hall–Kier alpha value is -1.41. The van der Waals surface area contributed by atoms with Crippen LogP contribution < -0.4 is 5.32 Å². The molecule has 0 radical (unpaired) electrons. The summed E-state index contributed by atoms with van der Waals surface area (Å²) in [5, 5.41) is 3.34. The Morgan fingerprint density at radius 2 is 1.64 bits per heavy atom. The minimum absolute atomic E-state index is 0.139. The number of rotatable bonds is 7. The molecule has 0 saturated heterocycles. The van der Waals surface area contributed by atoms with E-state index in [-0.39, 0.29) is 19.0 Å². The molecule has 1 amide bonds. The highest BCUT2D eigenvalue weighted by Crippen LogP contribution is 2.14. The molecule has 0 aromatic heterocycles. The van der Waals surface area contributed by atoms with E-state index in [1.54, 1.807) is 24.3 Å². The Morgan fingerprint density at radius 3 is 2.20 bits per heavy atom. The molecule has 134 valence electrons. The maximum absolute atomic E-state index is 12.1. The number of halogens is 2. The molecule has 0 aliphatic carbocycles. The van der Waals surface area contributed by atoms with Crippen LogP contribution >= 0.6 is 27.5 Å². The molecule has 0 aliphatic rings. The highest BCUT2D eigenvalue weighted by atomic mass is 79.9. The molecule has 2 aromatic carbocycles. The summed E-state index contributed by atoms with van der Waals surface area (Å²) >= 11 is 9.15. The normalized spacial score (nSPS) is 11.5. The number of amides is 1. The average molecular weight is 446 g/mol. The van der Waals surface area contributed by atoms with Gasteiger partial charge in [0.1, 0.15) is 0 Å². The first-order valence-corrected chi connectivity index (χ1v) is 10.5. The van der Waals surface area contributed by atoms with Crippen molar-refractivity contribution in [3.63, 3.8) is 0 Å². The van der Waals surface area contributed by atoms with E-state index in [2.05, 4.69) is 21.2 Å². The Labute approximate surface area is 161 Å². The first-order valence-electron chi connectivity index (χ1n) is 7.45. The van der Waals surface area contributed by atoms with Gasteiger partial charge < -0.3 is 5.32 Å². The second kappa shape index (κ2) is 8.80. The second-order valence-electron chi connectivity index (χ2n) is 5.56. The average Bonchev–Trinajstić information content (AvgIpc) is 2.55. The van der Waals surface area contributed by atoms with Gasteiger partial charge in [0, 0.05) is 22.6 Å². The Kier molecular flexibility index (Phi) is 7.01. The van der Waals surface area contributed by atoms with Gasteiger partial charge in [-0.05, 0) is 35.4 Å². The molecule has 2 aromatic rings. The third-order valence-electron chi connectivity index (χ3n) is 3.46. The fraction of sp³-hybridized carbons (Fsp3) is 0.235. The molecular formula is C17H18BrClN2O3S. The van der Waals surface area contributed by atoms with Gasteiger partial charge in [-0.25, -0.2) is 8.42 Å². The molecule has 0 aliphatic heterocycles. The zero-order chi connectivity index (χ0) is 18.4. The van der Waals surface area contributed by atoms with Gasteiger partial charge in [0.15, 0.2) is 0 Å². The van der Waals surface area contributed by atoms with Crippen LogP contribution in [0.15, 0.2) is 53.0 Å². The molecule has 1 N–H and O–H groups in total. The Bertz CT molecular complexity index is 824. The van der Waals surface area contributed by atoms with Gasteiger partial charge in [0.25, 0.3) is 0 Å². The highest BCUT2D eigenvalue weighted by molar-refractivity contribution is 9.10. The van der Waals surface area contributed by atoms with Crippen molar-refractivity contribution in [3.05, 3.63) is 69.2 Å². The smallest absolute Gasteiger partial charge is 0.235 e. The largest absolute Gasteiger partial charge is 0.351 e. The molecule has 0 heterocycles. The third-order valence-corrected chi connectivity index (χ3v) is 5.44. The predicted octanol–water partition coefficient (Wildman–Crippen LogP) is 3.18. The number of hydrogen-bond acceptors (Lipinski definition) is 3. The van der Waals surface area contributed by atoms with Gasteiger partial charge in [-0.1, -0.05) is 51.8 Å². The van der Waals surface area contributed by atoms with Gasteiger partial charge in [-0.3, -0.25) is 4.79 Å². The number of hydrogen-bond donors (Lipinski definition) is 1. The van der Waals surface area contributed by atoms with Crippen LogP contribution in [-0.2, 0) is 27.9 Å².